The number of thioether (sulfide) groups is 1. The van der Waals surface area contributed by atoms with E-state index in [2.05, 4.69) is 18.3 Å². The molecule has 0 aromatic heterocycles. The van der Waals surface area contributed by atoms with E-state index in [1.807, 2.05) is 49.4 Å². The molecule has 0 spiro atoms. The number of ether oxygens (including phenoxy) is 1. The van der Waals surface area contributed by atoms with E-state index in [0.717, 1.165) is 53.9 Å². The van der Waals surface area contributed by atoms with Gasteiger partial charge in [-0.25, -0.2) is 0 Å². The van der Waals surface area contributed by atoms with Gasteiger partial charge in [0.05, 0.1) is 12.9 Å². The summed E-state index contributed by atoms with van der Waals surface area (Å²) in [6.45, 7) is 4.49. The van der Waals surface area contributed by atoms with Crippen molar-refractivity contribution in [3.63, 3.8) is 0 Å². The van der Waals surface area contributed by atoms with Crippen LogP contribution < -0.4 is 10.1 Å². The fourth-order valence-corrected chi connectivity index (χ4v) is 5.19. The standard InChI is InChI=1S/C27H36N2O3S/c1-4-25(27(31)28-23-11-7-8-12-23)29(17-22-10-6-5-9-20(22)2)26(30)19-33-18-21-13-15-24(32-3)16-14-21/h5-6,9-10,13-16,23,25H,4,7-8,11-12,17-19H2,1-3H3,(H,28,31)/t25-/m1/s1. The molecule has 33 heavy (non-hydrogen) atoms. The maximum Gasteiger partial charge on any atom is 0.243 e. The Bertz CT molecular complexity index is 910. The number of benzene rings is 2. The van der Waals surface area contributed by atoms with E-state index in [4.69, 9.17) is 4.74 Å². The van der Waals surface area contributed by atoms with E-state index in [9.17, 15) is 9.59 Å². The van der Waals surface area contributed by atoms with Crippen LogP contribution in [0, 0.1) is 6.92 Å². The van der Waals surface area contributed by atoms with Crippen molar-refractivity contribution in [2.75, 3.05) is 12.9 Å². The van der Waals surface area contributed by atoms with Crippen molar-refractivity contribution in [1.29, 1.82) is 0 Å². The molecular weight excluding hydrogens is 432 g/mol. The SMILES string of the molecule is CC[C@H](C(=O)NC1CCCC1)N(Cc1ccccc1C)C(=O)CSCc1ccc(OC)cc1. The van der Waals surface area contributed by atoms with E-state index in [1.165, 1.54) is 0 Å². The van der Waals surface area contributed by atoms with Gasteiger partial charge in [0.2, 0.25) is 11.8 Å². The third kappa shape index (κ3) is 7.26. The maximum atomic E-state index is 13.4. The third-order valence-corrected chi connectivity index (χ3v) is 7.33. The van der Waals surface area contributed by atoms with Gasteiger partial charge in [-0.05, 0) is 55.0 Å². The van der Waals surface area contributed by atoms with Crippen LogP contribution in [0.2, 0.25) is 0 Å². The van der Waals surface area contributed by atoms with Crippen LogP contribution in [0.4, 0.5) is 0 Å². The highest BCUT2D eigenvalue weighted by atomic mass is 32.2. The van der Waals surface area contributed by atoms with Crippen LogP contribution >= 0.6 is 11.8 Å². The predicted octanol–water partition coefficient (Wildman–Crippen LogP) is 5.10. The summed E-state index contributed by atoms with van der Waals surface area (Å²) in [6.07, 6.45) is 4.99. The van der Waals surface area contributed by atoms with Crippen LogP contribution in [0.3, 0.4) is 0 Å². The Balaban J connectivity index is 1.69. The van der Waals surface area contributed by atoms with Gasteiger partial charge in [-0.3, -0.25) is 9.59 Å². The van der Waals surface area contributed by atoms with Gasteiger partial charge in [0.1, 0.15) is 11.8 Å². The summed E-state index contributed by atoms with van der Waals surface area (Å²) in [7, 11) is 1.65. The van der Waals surface area contributed by atoms with Crippen LogP contribution in [0.25, 0.3) is 0 Å². The zero-order valence-electron chi connectivity index (χ0n) is 20.0. The molecule has 2 amide bonds. The van der Waals surface area contributed by atoms with E-state index >= 15 is 0 Å². The second-order valence-electron chi connectivity index (χ2n) is 8.70. The van der Waals surface area contributed by atoms with Crippen molar-refractivity contribution in [3.05, 3.63) is 65.2 Å². The first kappa shape index (κ1) is 25.2. The molecule has 5 nitrogen and oxygen atoms in total. The molecule has 0 aliphatic heterocycles. The molecule has 3 rings (SSSR count). The highest BCUT2D eigenvalue weighted by Crippen LogP contribution is 2.22. The van der Waals surface area contributed by atoms with Gasteiger partial charge in [-0.2, -0.15) is 0 Å². The van der Waals surface area contributed by atoms with Crippen molar-refractivity contribution in [1.82, 2.24) is 10.2 Å². The second kappa shape index (κ2) is 12.7. The highest BCUT2D eigenvalue weighted by Gasteiger charge is 2.30. The fourth-order valence-electron chi connectivity index (χ4n) is 4.32. The van der Waals surface area contributed by atoms with Crippen molar-refractivity contribution < 1.29 is 14.3 Å². The molecular formula is C27H36N2O3S. The highest BCUT2D eigenvalue weighted by molar-refractivity contribution is 7.99. The Kier molecular flexibility index (Phi) is 9.67. The average Bonchev–Trinajstić information content (AvgIpc) is 3.33. The summed E-state index contributed by atoms with van der Waals surface area (Å²) in [5.74, 6) is 1.88. The van der Waals surface area contributed by atoms with Crippen molar-refractivity contribution in [2.24, 2.45) is 0 Å². The lowest BCUT2D eigenvalue weighted by atomic mass is 10.1. The molecule has 0 saturated heterocycles. The van der Waals surface area contributed by atoms with Crippen LogP contribution in [0.15, 0.2) is 48.5 Å². The second-order valence-corrected chi connectivity index (χ2v) is 9.69. The minimum Gasteiger partial charge on any atom is -0.497 e. The Labute approximate surface area is 202 Å². The summed E-state index contributed by atoms with van der Waals surface area (Å²) in [5, 5.41) is 3.21. The molecule has 0 heterocycles. The monoisotopic (exact) mass is 468 g/mol. The fraction of sp³-hybridized carbons (Fsp3) is 0.481. The summed E-state index contributed by atoms with van der Waals surface area (Å²) in [6, 6.07) is 15.8. The number of rotatable bonds is 11. The first-order valence-corrected chi connectivity index (χ1v) is 13.0. The number of carbonyl (C=O) groups excluding carboxylic acids is 2. The summed E-state index contributed by atoms with van der Waals surface area (Å²) in [5.41, 5.74) is 3.36. The molecule has 178 valence electrons. The molecule has 1 aliphatic rings. The lowest BCUT2D eigenvalue weighted by Gasteiger charge is -2.32. The predicted molar refractivity (Wildman–Crippen MR) is 135 cm³/mol. The number of amides is 2. The quantitative estimate of drug-likeness (QED) is 0.498. The Morgan fingerprint density at radius 3 is 2.45 bits per heavy atom. The van der Waals surface area contributed by atoms with Crippen molar-refractivity contribution >= 4 is 23.6 Å². The minimum atomic E-state index is -0.459. The number of aryl methyl sites for hydroxylation is 1. The van der Waals surface area contributed by atoms with Crippen LogP contribution in [0.1, 0.15) is 55.7 Å². The molecule has 1 fully saturated rings. The van der Waals surface area contributed by atoms with Crippen LogP contribution in [-0.4, -0.2) is 41.7 Å². The summed E-state index contributed by atoms with van der Waals surface area (Å²) in [4.78, 5) is 28.4. The number of methoxy groups -OCH3 is 1. The van der Waals surface area contributed by atoms with Crippen molar-refractivity contribution in [3.8, 4) is 5.75 Å². The Morgan fingerprint density at radius 1 is 1.12 bits per heavy atom. The molecule has 1 N–H and O–H groups in total. The topological polar surface area (TPSA) is 58.6 Å². The van der Waals surface area contributed by atoms with Gasteiger partial charge in [-0.15, -0.1) is 11.8 Å². The van der Waals surface area contributed by atoms with E-state index in [0.29, 0.717) is 18.7 Å². The van der Waals surface area contributed by atoms with Crippen LogP contribution in [0.5, 0.6) is 5.75 Å². The maximum absolute atomic E-state index is 13.4. The van der Waals surface area contributed by atoms with E-state index < -0.39 is 6.04 Å². The van der Waals surface area contributed by atoms with Gasteiger partial charge < -0.3 is 15.0 Å². The van der Waals surface area contributed by atoms with Gasteiger partial charge in [0.25, 0.3) is 0 Å². The lowest BCUT2D eigenvalue weighted by Crippen LogP contribution is -2.51. The zero-order valence-corrected chi connectivity index (χ0v) is 20.8. The number of hydrogen-bond acceptors (Lipinski definition) is 4. The van der Waals surface area contributed by atoms with Gasteiger partial charge in [-0.1, -0.05) is 56.2 Å². The molecule has 6 heteroatoms. The van der Waals surface area contributed by atoms with Crippen LogP contribution in [-0.2, 0) is 21.9 Å². The Hall–Kier alpha value is -2.47. The third-order valence-electron chi connectivity index (χ3n) is 6.34. The van der Waals surface area contributed by atoms with Gasteiger partial charge in [0, 0.05) is 18.3 Å². The summed E-state index contributed by atoms with van der Waals surface area (Å²) >= 11 is 1.58. The largest absolute Gasteiger partial charge is 0.497 e. The zero-order chi connectivity index (χ0) is 23.6. The molecule has 1 saturated carbocycles. The number of nitrogens with one attached hydrogen (secondary N) is 1. The number of hydrogen-bond donors (Lipinski definition) is 1. The lowest BCUT2D eigenvalue weighted by molar-refractivity contribution is -0.139. The van der Waals surface area contributed by atoms with Crippen molar-refractivity contribution in [2.45, 2.75) is 70.3 Å². The molecule has 0 bridgehead atoms. The average molecular weight is 469 g/mol. The minimum absolute atomic E-state index is 0.00480. The molecule has 1 atom stereocenters. The molecule has 0 unspecified atom stereocenters. The van der Waals surface area contributed by atoms with E-state index in [-0.39, 0.29) is 17.9 Å². The number of carbonyl (C=O) groups is 2. The molecule has 2 aromatic carbocycles. The first-order valence-electron chi connectivity index (χ1n) is 11.9. The molecule has 1 aliphatic carbocycles. The van der Waals surface area contributed by atoms with E-state index in [1.54, 1.807) is 23.8 Å². The van der Waals surface area contributed by atoms with Gasteiger partial charge >= 0.3 is 0 Å². The first-order chi connectivity index (χ1) is 16.0. The normalized spacial score (nSPS) is 14.6. The Morgan fingerprint density at radius 2 is 1.82 bits per heavy atom. The summed E-state index contributed by atoms with van der Waals surface area (Å²) < 4.78 is 5.21. The van der Waals surface area contributed by atoms with Gasteiger partial charge in [0.15, 0.2) is 0 Å². The molecule has 2 aromatic rings. The molecule has 0 radical (unpaired) electrons. The number of nitrogens with zero attached hydrogens (tertiary/aromatic N) is 1. The smallest absolute Gasteiger partial charge is 0.243 e.